The summed E-state index contributed by atoms with van der Waals surface area (Å²) in [6, 6.07) is 3.77. The fourth-order valence-corrected chi connectivity index (χ4v) is 7.81. The Hall–Kier alpha value is -2.35. The van der Waals surface area contributed by atoms with Gasteiger partial charge in [0.15, 0.2) is 0 Å². The van der Waals surface area contributed by atoms with Crippen LogP contribution in [0.1, 0.15) is 62.7 Å². The van der Waals surface area contributed by atoms with Crippen molar-refractivity contribution in [3.05, 3.63) is 17.7 Å². The average Bonchev–Trinajstić information content (AvgIpc) is 3.29. The minimum atomic E-state index is -0.700. The number of hydrogen-bond acceptors (Lipinski definition) is 6. The molecule has 6 fully saturated rings. The normalized spacial score (nSPS) is 38.5. The molecule has 4 unspecified atom stereocenters. The lowest BCUT2D eigenvalue weighted by Crippen LogP contribution is -2.61. The standard InChI is InChI=1S/C27H37N3O5/c1-14(2)5-6-35-25-18(3-4-21(28-25)30-12-19-20(13-30)22(19)26(32)33)24(31)29-23-16-7-15-8-17(23)11-27(34,9-15)10-16/h3-4,14-17,19-20,22-23,34H,5-13H2,1-2H3,(H,29,31)(H,32,33)/t15?,16-,17+,19-,20+,22?,23?,27?. The SMILES string of the molecule is CC(C)CCOc1nc(N2C[C@@H]3C(C(=O)O)[C@@H]3C2)ccc1C(=O)NC1[C@@H]2CC3C[C@H]1CC(O)(C3)C2. The van der Waals surface area contributed by atoms with Gasteiger partial charge in [-0.25, -0.2) is 0 Å². The van der Waals surface area contributed by atoms with Gasteiger partial charge >= 0.3 is 5.97 Å². The molecule has 1 aliphatic heterocycles. The summed E-state index contributed by atoms with van der Waals surface area (Å²) in [6.07, 6.45) is 5.54. The van der Waals surface area contributed by atoms with Crippen molar-refractivity contribution in [1.29, 1.82) is 0 Å². The Bertz CT molecular complexity index is 1000. The quantitative estimate of drug-likeness (QED) is 0.521. The average molecular weight is 484 g/mol. The Morgan fingerprint density at radius 1 is 1.17 bits per heavy atom. The van der Waals surface area contributed by atoms with Crippen LogP contribution in [0.4, 0.5) is 5.82 Å². The van der Waals surface area contributed by atoms with E-state index in [1.807, 2.05) is 12.1 Å². The second-order valence-corrected chi connectivity index (χ2v) is 12.3. The van der Waals surface area contributed by atoms with E-state index in [-0.39, 0.29) is 29.7 Å². The van der Waals surface area contributed by atoms with Crippen LogP contribution in [0.3, 0.4) is 0 Å². The minimum absolute atomic E-state index is 0.0983. The van der Waals surface area contributed by atoms with Gasteiger partial charge in [0.25, 0.3) is 5.91 Å². The van der Waals surface area contributed by atoms with Gasteiger partial charge in [-0.05, 0) is 86.2 Å². The van der Waals surface area contributed by atoms with Gasteiger partial charge in [-0.15, -0.1) is 0 Å². The lowest BCUT2D eigenvalue weighted by molar-refractivity contribution is -0.139. The molecule has 8 heteroatoms. The van der Waals surface area contributed by atoms with Crippen LogP contribution < -0.4 is 15.0 Å². The number of ether oxygens (including phenoxy) is 1. The molecule has 5 saturated carbocycles. The molecule has 3 N–H and O–H groups in total. The molecule has 8 nitrogen and oxygen atoms in total. The van der Waals surface area contributed by atoms with Gasteiger partial charge < -0.3 is 25.2 Å². The molecule has 4 bridgehead atoms. The summed E-state index contributed by atoms with van der Waals surface area (Å²) in [5.74, 6) is 2.16. The molecule has 8 atom stereocenters. The Morgan fingerprint density at radius 3 is 2.46 bits per heavy atom. The first-order chi connectivity index (χ1) is 16.7. The fourth-order valence-electron chi connectivity index (χ4n) is 7.81. The minimum Gasteiger partial charge on any atom is -0.481 e. The number of nitrogens with one attached hydrogen (secondary N) is 1. The summed E-state index contributed by atoms with van der Waals surface area (Å²) >= 11 is 0. The summed E-state index contributed by atoms with van der Waals surface area (Å²) in [4.78, 5) is 31.7. The van der Waals surface area contributed by atoms with Crippen molar-refractivity contribution < 1.29 is 24.5 Å². The zero-order chi connectivity index (χ0) is 24.5. The number of amides is 1. The molecule has 7 rings (SSSR count). The number of carbonyl (C=O) groups is 2. The van der Waals surface area contributed by atoms with Crippen molar-refractivity contribution in [2.24, 2.45) is 41.4 Å². The highest BCUT2D eigenvalue weighted by atomic mass is 16.5. The van der Waals surface area contributed by atoms with E-state index in [9.17, 15) is 19.8 Å². The monoisotopic (exact) mass is 483 g/mol. The number of carboxylic acids is 1. The van der Waals surface area contributed by atoms with E-state index in [2.05, 4.69) is 24.1 Å². The third-order valence-electron chi connectivity index (χ3n) is 9.37. The zero-order valence-electron chi connectivity index (χ0n) is 20.7. The van der Waals surface area contributed by atoms with E-state index in [0.717, 1.165) is 44.3 Å². The predicted molar refractivity (Wildman–Crippen MR) is 129 cm³/mol. The molecular formula is C27H37N3O5. The van der Waals surface area contributed by atoms with E-state index in [4.69, 9.17) is 9.72 Å². The smallest absolute Gasteiger partial charge is 0.307 e. The largest absolute Gasteiger partial charge is 0.481 e. The molecule has 2 heterocycles. The Kier molecular flexibility index (Phi) is 5.51. The maximum atomic E-state index is 13.5. The third kappa shape index (κ3) is 4.17. The van der Waals surface area contributed by atoms with Crippen LogP contribution >= 0.6 is 0 Å². The third-order valence-corrected chi connectivity index (χ3v) is 9.37. The summed E-state index contributed by atoms with van der Waals surface area (Å²) < 4.78 is 6.06. The van der Waals surface area contributed by atoms with E-state index >= 15 is 0 Å². The van der Waals surface area contributed by atoms with E-state index in [1.165, 1.54) is 0 Å². The number of carbonyl (C=O) groups excluding carboxylic acids is 1. The van der Waals surface area contributed by atoms with Crippen molar-refractivity contribution in [2.75, 3.05) is 24.6 Å². The van der Waals surface area contributed by atoms with Crippen molar-refractivity contribution in [3.63, 3.8) is 0 Å². The van der Waals surface area contributed by atoms with Crippen LogP contribution in [-0.2, 0) is 4.79 Å². The van der Waals surface area contributed by atoms with E-state index in [0.29, 0.717) is 54.8 Å². The highest BCUT2D eigenvalue weighted by molar-refractivity contribution is 5.97. The highest BCUT2D eigenvalue weighted by Gasteiger charge is 2.60. The molecule has 0 spiro atoms. The molecule has 1 aromatic heterocycles. The Morgan fingerprint density at radius 2 is 1.86 bits per heavy atom. The molecule has 0 radical (unpaired) electrons. The molecule has 6 aliphatic rings. The molecule has 0 aromatic carbocycles. The van der Waals surface area contributed by atoms with Crippen LogP contribution in [0, 0.1) is 41.4 Å². The Labute approximate surface area is 206 Å². The maximum Gasteiger partial charge on any atom is 0.307 e. The number of aromatic nitrogens is 1. The van der Waals surface area contributed by atoms with E-state index in [1.54, 1.807) is 0 Å². The van der Waals surface area contributed by atoms with Gasteiger partial charge in [0.1, 0.15) is 11.4 Å². The van der Waals surface area contributed by atoms with Crippen LogP contribution in [0.25, 0.3) is 0 Å². The fraction of sp³-hybridized carbons (Fsp3) is 0.741. The Balaban J connectivity index is 1.18. The number of fused-ring (bicyclic) bond motifs is 1. The molecular weight excluding hydrogens is 446 g/mol. The number of hydrogen-bond donors (Lipinski definition) is 3. The predicted octanol–water partition coefficient (Wildman–Crippen LogP) is 2.94. The number of carboxylic acid groups (broad SMARTS) is 1. The molecule has 1 amide bonds. The summed E-state index contributed by atoms with van der Waals surface area (Å²) in [6.45, 7) is 6.12. The number of aliphatic hydroxyl groups is 1. The number of aliphatic carboxylic acids is 1. The first kappa shape index (κ1) is 23.1. The molecule has 1 aromatic rings. The van der Waals surface area contributed by atoms with Crippen molar-refractivity contribution in [1.82, 2.24) is 10.3 Å². The number of pyridine rings is 1. The summed E-state index contributed by atoms with van der Waals surface area (Å²) in [7, 11) is 0. The first-order valence-electron chi connectivity index (χ1n) is 13.4. The summed E-state index contributed by atoms with van der Waals surface area (Å²) in [5, 5.41) is 23.5. The number of rotatable bonds is 8. The second kappa shape index (κ2) is 8.36. The molecule has 5 aliphatic carbocycles. The second-order valence-electron chi connectivity index (χ2n) is 12.3. The lowest BCUT2D eigenvalue weighted by atomic mass is 9.52. The van der Waals surface area contributed by atoms with Crippen LogP contribution in [0.5, 0.6) is 5.88 Å². The molecule has 1 saturated heterocycles. The molecule has 35 heavy (non-hydrogen) atoms. The van der Waals surface area contributed by atoms with Gasteiger partial charge in [-0.1, -0.05) is 13.8 Å². The van der Waals surface area contributed by atoms with Gasteiger partial charge in [-0.2, -0.15) is 4.98 Å². The van der Waals surface area contributed by atoms with Crippen LogP contribution in [-0.4, -0.2) is 58.4 Å². The number of anilines is 1. The van der Waals surface area contributed by atoms with Gasteiger partial charge in [0.05, 0.1) is 18.1 Å². The number of nitrogens with zero attached hydrogens (tertiary/aromatic N) is 2. The van der Waals surface area contributed by atoms with E-state index < -0.39 is 11.6 Å². The zero-order valence-corrected chi connectivity index (χ0v) is 20.7. The highest BCUT2D eigenvalue weighted by Crippen LogP contribution is 2.56. The van der Waals surface area contributed by atoms with Gasteiger partial charge in [-0.3, -0.25) is 9.59 Å². The van der Waals surface area contributed by atoms with Crippen molar-refractivity contribution in [3.8, 4) is 5.88 Å². The topological polar surface area (TPSA) is 112 Å². The first-order valence-corrected chi connectivity index (χ1v) is 13.4. The molecule has 190 valence electrons. The lowest BCUT2D eigenvalue weighted by Gasteiger charge is -2.58. The van der Waals surface area contributed by atoms with Crippen LogP contribution in [0.2, 0.25) is 0 Å². The summed E-state index contributed by atoms with van der Waals surface area (Å²) in [5.41, 5.74) is -0.0694. The number of piperidine rings is 1. The van der Waals surface area contributed by atoms with Crippen molar-refractivity contribution >= 4 is 17.7 Å². The van der Waals surface area contributed by atoms with Gasteiger partial charge in [0, 0.05) is 19.1 Å². The van der Waals surface area contributed by atoms with Gasteiger partial charge in [0.2, 0.25) is 5.88 Å². The van der Waals surface area contributed by atoms with Crippen molar-refractivity contribution in [2.45, 2.75) is 64.0 Å². The maximum absolute atomic E-state index is 13.5. The van der Waals surface area contributed by atoms with Crippen LogP contribution in [0.15, 0.2) is 12.1 Å².